The topological polar surface area (TPSA) is 78.3 Å². The molecule has 0 aliphatic heterocycles. The molecule has 0 saturated heterocycles. The summed E-state index contributed by atoms with van der Waals surface area (Å²) in [7, 11) is 0. The standard InChI is InChI=1S/C23H23BrClN5O/c1-5-31-20-16(10-17(25)14(4)18(20)15-7-6-12(2)28-11-15)13(3)23-29-21(24)19-22(26)27-8-9-30(19)23/h6-11,13H,5H2,1-4H3,(H2,26,27)/t13-/m0/s1. The molecule has 0 aliphatic rings. The number of fused-ring (bicyclic) bond motifs is 1. The molecule has 3 aromatic heterocycles. The Labute approximate surface area is 194 Å². The molecule has 0 amide bonds. The highest BCUT2D eigenvalue weighted by molar-refractivity contribution is 9.10. The number of halogens is 2. The monoisotopic (exact) mass is 499 g/mol. The molecule has 0 aliphatic carbocycles. The molecule has 0 unspecified atom stereocenters. The number of pyridine rings is 1. The van der Waals surface area contributed by atoms with Gasteiger partial charge in [-0.1, -0.05) is 24.6 Å². The first kappa shape index (κ1) is 21.6. The van der Waals surface area contributed by atoms with E-state index in [1.807, 2.05) is 55.8 Å². The zero-order valence-corrected chi connectivity index (χ0v) is 20.1. The molecule has 6 nitrogen and oxygen atoms in total. The van der Waals surface area contributed by atoms with Crippen LogP contribution in [0.4, 0.5) is 5.82 Å². The predicted octanol–water partition coefficient (Wildman–Crippen LogP) is 5.96. The van der Waals surface area contributed by atoms with E-state index < -0.39 is 0 Å². The van der Waals surface area contributed by atoms with E-state index in [-0.39, 0.29) is 5.92 Å². The average Bonchev–Trinajstić information content (AvgIpc) is 3.09. The minimum absolute atomic E-state index is 0.127. The highest BCUT2D eigenvalue weighted by Crippen LogP contribution is 2.44. The molecule has 0 radical (unpaired) electrons. The van der Waals surface area contributed by atoms with Gasteiger partial charge >= 0.3 is 0 Å². The van der Waals surface area contributed by atoms with Crippen LogP contribution in [0.5, 0.6) is 5.75 Å². The lowest BCUT2D eigenvalue weighted by atomic mass is 9.91. The Bertz CT molecular complexity index is 1270. The van der Waals surface area contributed by atoms with Gasteiger partial charge in [0.25, 0.3) is 0 Å². The van der Waals surface area contributed by atoms with Gasteiger partial charge in [-0.2, -0.15) is 0 Å². The normalized spacial score (nSPS) is 12.3. The van der Waals surface area contributed by atoms with Gasteiger partial charge in [-0.25, -0.2) is 9.97 Å². The molecule has 0 bridgehead atoms. The second-order valence-corrected chi connectivity index (χ2v) is 8.57. The summed E-state index contributed by atoms with van der Waals surface area (Å²) in [6.07, 6.45) is 5.39. The minimum Gasteiger partial charge on any atom is -0.493 e. The van der Waals surface area contributed by atoms with Gasteiger partial charge in [0.15, 0.2) is 5.82 Å². The van der Waals surface area contributed by atoms with Gasteiger partial charge in [0, 0.05) is 51.9 Å². The van der Waals surface area contributed by atoms with Gasteiger partial charge in [-0.05, 0) is 54.4 Å². The number of nitrogen functional groups attached to an aromatic ring is 1. The minimum atomic E-state index is -0.127. The molecule has 4 rings (SSSR count). The number of ether oxygens (including phenoxy) is 1. The van der Waals surface area contributed by atoms with Crippen molar-refractivity contribution >= 4 is 38.9 Å². The first-order valence-electron chi connectivity index (χ1n) is 10.00. The van der Waals surface area contributed by atoms with Crippen LogP contribution >= 0.6 is 27.5 Å². The van der Waals surface area contributed by atoms with Crippen LogP contribution in [-0.2, 0) is 0 Å². The Morgan fingerprint density at radius 1 is 1.26 bits per heavy atom. The molecule has 2 N–H and O–H groups in total. The fourth-order valence-corrected chi connectivity index (χ4v) is 4.60. The molecule has 4 aromatic rings. The van der Waals surface area contributed by atoms with E-state index in [0.717, 1.165) is 45.0 Å². The van der Waals surface area contributed by atoms with Crippen LogP contribution in [-0.4, -0.2) is 26.0 Å². The van der Waals surface area contributed by atoms with E-state index in [4.69, 9.17) is 27.1 Å². The maximum absolute atomic E-state index is 6.71. The van der Waals surface area contributed by atoms with E-state index in [9.17, 15) is 0 Å². The zero-order chi connectivity index (χ0) is 22.3. The lowest BCUT2D eigenvalue weighted by molar-refractivity contribution is 0.336. The summed E-state index contributed by atoms with van der Waals surface area (Å²) in [5, 5.41) is 0.669. The number of aryl methyl sites for hydroxylation is 1. The summed E-state index contributed by atoms with van der Waals surface area (Å²) < 4.78 is 8.81. The van der Waals surface area contributed by atoms with Crippen LogP contribution in [0.25, 0.3) is 16.6 Å². The van der Waals surface area contributed by atoms with Crippen molar-refractivity contribution in [3.05, 3.63) is 69.1 Å². The maximum Gasteiger partial charge on any atom is 0.150 e. The SMILES string of the molecule is CCOc1c([C@H](C)c2nc(Br)c3c(N)nccn23)cc(Cl)c(C)c1-c1ccc(C)nc1. The van der Waals surface area contributed by atoms with Crippen LogP contribution in [0.15, 0.2) is 41.4 Å². The molecule has 31 heavy (non-hydrogen) atoms. The molecule has 0 spiro atoms. The number of benzene rings is 1. The fourth-order valence-electron chi connectivity index (χ4n) is 3.82. The van der Waals surface area contributed by atoms with Gasteiger partial charge in [0.2, 0.25) is 0 Å². The van der Waals surface area contributed by atoms with Crippen LogP contribution < -0.4 is 10.5 Å². The molecule has 1 aromatic carbocycles. The van der Waals surface area contributed by atoms with Gasteiger partial charge in [0.05, 0.1) is 6.61 Å². The van der Waals surface area contributed by atoms with E-state index in [0.29, 0.717) is 22.1 Å². The summed E-state index contributed by atoms with van der Waals surface area (Å²) in [5.41, 5.74) is 11.6. The summed E-state index contributed by atoms with van der Waals surface area (Å²) in [6.45, 7) is 8.55. The number of imidazole rings is 1. The Balaban J connectivity index is 1.97. The van der Waals surface area contributed by atoms with Crippen LogP contribution in [0.1, 0.15) is 42.4 Å². The Hall–Kier alpha value is -2.64. The molecule has 8 heteroatoms. The van der Waals surface area contributed by atoms with Crippen molar-refractivity contribution in [3.8, 4) is 16.9 Å². The van der Waals surface area contributed by atoms with Crippen molar-refractivity contribution in [2.24, 2.45) is 0 Å². The maximum atomic E-state index is 6.71. The summed E-state index contributed by atoms with van der Waals surface area (Å²) >= 11 is 10.2. The fraction of sp³-hybridized carbons (Fsp3) is 0.261. The van der Waals surface area contributed by atoms with Crippen molar-refractivity contribution in [1.29, 1.82) is 0 Å². The van der Waals surface area contributed by atoms with Crippen molar-refractivity contribution in [2.75, 3.05) is 12.3 Å². The average molecular weight is 501 g/mol. The second kappa shape index (κ2) is 8.48. The van der Waals surface area contributed by atoms with Crippen molar-refractivity contribution in [2.45, 2.75) is 33.6 Å². The molecular formula is C23H23BrClN5O. The molecule has 1 atom stereocenters. The van der Waals surface area contributed by atoms with Crippen molar-refractivity contribution in [1.82, 2.24) is 19.4 Å². The molecular weight excluding hydrogens is 478 g/mol. The number of rotatable bonds is 5. The quantitative estimate of drug-likeness (QED) is 0.366. The van der Waals surface area contributed by atoms with Gasteiger partial charge < -0.3 is 10.5 Å². The predicted molar refractivity (Wildman–Crippen MR) is 128 cm³/mol. The number of nitrogens with two attached hydrogens (primary N) is 1. The first-order chi connectivity index (χ1) is 14.8. The smallest absolute Gasteiger partial charge is 0.150 e. The molecule has 160 valence electrons. The van der Waals surface area contributed by atoms with Gasteiger partial charge in [-0.15, -0.1) is 0 Å². The zero-order valence-electron chi connectivity index (χ0n) is 17.8. The third-order valence-electron chi connectivity index (χ3n) is 5.42. The summed E-state index contributed by atoms with van der Waals surface area (Å²) in [6, 6.07) is 6.01. The lowest BCUT2D eigenvalue weighted by Crippen LogP contribution is -2.08. The summed E-state index contributed by atoms with van der Waals surface area (Å²) in [4.78, 5) is 13.4. The highest BCUT2D eigenvalue weighted by Gasteiger charge is 2.26. The van der Waals surface area contributed by atoms with Crippen molar-refractivity contribution < 1.29 is 4.74 Å². The molecule has 0 saturated carbocycles. The second-order valence-electron chi connectivity index (χ2n) is 7.41. The van der Waals surface area contributed by atoms with Crippen LogP contribution in [0.2, 0.25) is 5.02 Å². The number of hydrogen-bond donors (Lipinski definition) is 1. The van der Waals surface area contributed by atoms with E-state index in [1.54, 1.807) is 6.20 Å². The van der Waals surface area contributed by atoms with Crippen LogP contribution in [0, 0.1) is 13.8 Å². The van der Waals surface area contributed by atoms with E-state index >= 15 is 0 Å². The van der Waals surface area contributed by atoms with E-state index in [1.165, 1.54) is 0 Å². The lowest BCUT2D eigenvalue weighted by Gasteiger charge is -2.22. The molecule has 0 fully saturated rings. The Kier molecular flexibility index (Phi) is 5.90. The third-order valence-corrected chi connectivity index (χ3v) is 6.36. The van der Waals surface area contributed by atoms with Crippen LogP contribution in [0.3, 0.4) is 0 Å². The van der Waals surface area contributed by atoms with Gasteiger partial charge in [-0.3, -0.25) is 9.38 Å². The van der Waals surface area contributed by atoms with Crippen molar-refractivity contribution in [3.63, 3.8) is 0 Å². The summed E-state index contributed by atoms with van der Waals surface area (Å²) in [5.74, 6) is 1.89. The van der Waals surface area contributed by atoms with E-state index in [2.05, 4.69) is 32.8 Å². The third kappa shape index (κ3) is 3.77. The van der Waals surface area contributed by atoms with Gasteiger partial charge in [0.1, 0.15) is 21.7 Å². The number of anilines is 1. The number of hydrogen-bond acceptors (Lipinski definition) is 5. The Morgan fingerprint density at radius 3 is 2.71 bits per heavy atom. The molecule has 3 heterocycles. The Morgan fingerprint density at radius 2 is 2.03 bits per heavy atom. The number of nitrogens with zero attached hydrogens (tertiary/aromatic N) is 4. The largest absolute Gasteiger partial charge is 0.493 e. The first-order valence-corrected chi connectivity index (χ1v) is 11.2. The number of aromatic nitrogens is 4. The highest BCUT2D eigenvalue weighted by atomic mass is 79.9.